The predicted molar refractivity (Wildman–Crippen MR) is 78.9 cm³/mol. The van der Waals surface area contributed by atoms with E-state index in [2.05, 4.69) is 29.3 Å². The maximum Gasteiger partial charge on any atom is 0.0679 e. The number of allylic oxidation sites excluding steroid dienone is 1. The van der Waals surface area contributed by atoms with Crippen LogP contribution in [-0.4, -0.2) is 10.2 Å². The van der Waals surface area contributed by atoms with Crippen molar-refractivity contribution in [1.29, 1.82) is 0 Å². The number of aromatic nitrogens is 2. The van der Waals surface area contributed by atoms with Crippen LogP contribution in [0.15, 0.2) is 17.7 Å². The Kier molecular flexibility index (Phi) is 5.08. The van der Waals surface area contributed by atoms with Crippen molar-refractivity contribution < 1.29 is 0 Å². The Morgan fingerprint density at radius 1 is 1.21 bits per heavy atom. The Hall–Kier alpha value is -1.22. The SMILES string of the molecule is CCc1nnc(C)cc1C(N)C1=CCCCCCC1. The molecule has 2 rings (SSSR count). The lowest BCUT2D eigenvalue weighted by atomic mass is 9.90. The van der Waals surface area contributed by atoms with Gasteiger partial charge in [0.2, 0.25) is 0 Å². The number of aryl methyl sites for hydroxylation is 2. The van der Waals surface area contributed by atoms with Crippen LogP contribution in [-0.2, 0) is 6.42 Å². The Labute approximate surface area is 116 Å². The van der Waals surface area contributed by atoms with Crippen molar-refractivity contribution >= 4 is 0 Å². The van der Waals surface area contributed by atoms with Gasteiger partial charge in [-0.25, -0.2) is 0 Å². The highest BCUT2D eigenvalue weighted by molar-refractivity contribution is 5.31. The summed E-state index contributed by atoms with van der Waals surface area (Å²) in [6.45, 7) is 4.09. The lowest BCUT2D eigenvalue weighted by Gasteiger charge is -2.20. The van der Waals surface area contributed by atoms with Gasteiger partial charge in [0, 0.05) is 0 Å². The van der Waals surface area contributed by atoms with E-state index in [1.54, 1.807) is 0 Å². The number of hydrogen-bond acceptors (Lipinski definition) is 3. The Morgan fingerprint density at radius 2 is 2.00 bits per heavy atom. The largest absolute Gasteiger partial charge is 0.320 e. The summed E-state index contributed by atoms with van der Waals surface area (Å²) in [6.07, 6.45) is 10.8. The second kappa shape index (κ2) is 6.80. The van der Waals surface area contributed by atoms with E-state index in [9.17, 15) is 0 Å². The zero-order valence-electron chi connectivity index (χ0n) is 12.2. The first-order chi connectivity index (χ1) is 9.22. The molecule has 104 valence electrons. The number of nitrogens with zero attached hydrogens (tertiary/aromatic N) is 2. The van der Waals surface area contributed by atoms with Crippen molar-refractivity contribution in [2.24, 2.45) is 5.73 Å². The molecule has 1 aliphatic carbocycles. The van der Waals surface area contributed by atoms with Crippen molar-refractivity contribution in [1.82, 2.24) is 10.2 Å². The summed E-state index contributed by atoms with van der Waals surface area (Å²) in [4.78, 5) is 0. The third kappa shape index (κ3) is 3.63. The second-order valence-corrected chi connectivity index (χ2v) is 5.45. The minimum Gasteiger partial charge on any atom is -0.320 e. The van der Waals surface area contributed by atoms with Crippen LogP contribution in [0.4, 0.5) is 0 Å². The van der Waals surface area contributed by atoms with E-state index in [-0.39, 0.29) is 6.04 Å². The molecule has 3 nitrogen and oxygen atoms in total. The molecule has 1 aliphatic rings. The smallest absolute Gasteiger partial charge is 0.0679 e. The highest BCUT2D eigenvalue weighted by Gasteiger charge is 2.17. The van der Waals surface area contributed by atoms with Crippen molar-refractivity contribution in [2.75, 3.05) is 0 Å². The van der Waals surface area contributed by atoms with E-state index in [1.807, 2.05) is 6.92 Å². The highest BCUT2D eigenvalue weighted by atomic mass is 15.1. The molecule has 0 aromatic carbocycles. The van der Waals surface area contributed by atoms with Gasteiger partial charge in [0.05, 0.1) is 17.4 Å². The summed E-state index contributed by atoms with van der Waals surface area (Å²) in [7, 11) is 0. The molecule has 1 aromatic heterocycles. The number of rotatable bonds is 3. The van der Waals surface area contributed by atoms with Gasteiger partial charge in [-0.05, 0) is 50.7 Å². The van der Waals surface area contributed by atoms with Gasteiger partial charge in [0.25, 0.3) is 0 Å². The van der Waals surface area contributed by atoms with Gasteiger partial charge < -0.3 is 5.73 Å². The quantitative estimate of drug-likeness (QED) is 0.843. The summed E-state index contributed by atoms with van der Waals surface area (Å²) >= 11 is 0. The molecule has 1 heterocycles. The molecule has 3 heteroatoms. The van der Waals surface area contributed by atoms with E-state index >= 15 is 0 Å². The van der Waals surface area contributed by atoms with E-state index < -0.39 is 0 Å². The van der Waals surface area contributed by atoms with Gasteiger partial charge in [-0.2, -0.15) is 10.2 Å². The fourth-order valence-electron chi connectivity index (χ4n) is 2.78. The summed E-state index contributed by atoms with van der Waals surface area (Å²) in [5, 5.41) is 8.44. The first-order valence-corrected chi connectivity index (χ1v) is 7.50. The minimum atomic E-state index is 0.00208. The predicted octanol–water partition coefficient (Wildman–Crippen LogP) is 3.63. The van der Waals surface area contributed by atoms with Crippen LogP contribution in [0.25, 0.3) is 0 Å². The third-order valence-electron chi connectivity index (χ3n) is 3.92. The fraction of sp³-hybridized carbons (Fsp3) is 0.625. The molecule has 1 aromatic rings. The normalized spacial score (nSPS) is 18.4. The van der Waals surface area contributed by atoms with Gasteiger partial charge >= 0.3 is 0 Å². The molecule has 0 fully saturated rings. The standard InChI is InChI=1S/C16H25N3/c1-3-15-14(11-12(2)18-19-15)16(17)13-9-7-5-4-6-8-10-13/h9,11,16H,3-8,10,17H2,1-2H3. The summed E-state index contributed by atoms with van der Waals surface area (Å²) in [5.41, 5.74) is 11.1. The first-order valence-electron chi connectivity index (χ1n) is 7.50. The molecule has 1 unspecified atom stereocenters. The van der Waals surface area contributed by atoms with Gasteiger partial charge in [0.15, 0.2) is 0 Å². The van der Waals surface area contributed by atoms with E-state index in [0.29, 0.717) is 0 Å². The van der Waals surface area contributed by atoms with Gasteiger partial charge in [-0.1, -0.05) is 31.4 Å². The summed E-state index contributed by atoms with van der Waals surface area (Å²) in [6, 6.07) is 2.11. The Balaban J connectivity index is 2.26. The molecule has 0 spiro atoms. The van der Waals surface area contributed by atoms with Crippen LogP contribution >= 0.6 is 0 Å². The zero-order chi connectivity index (χ0) is 13.7. The van der Waals surface area contributed by atoms with Gasteiger partial charge in [0.1, 0.15) is 0 Å². The van der Waals surface area contributed by atoms with E-state index in [4.69, 9.17) is 5.73 Å². The average Bonchev–Trinajstić information content (AvgIpc) is 2.37. The van der Waals surface area contributed by atoms with Gasteiger partial charge in [-0.3, -0.25) is 0 Å². The molecule has 1 atom stereocenters. The lowest BCUT2D eigenvalue weighted by molar-refractivity contribution is 0.600. The second-order valence-electron chi connectivity index (χ2n) is 5.45. The van der Waals surface area contributed by atoms with Crippen LogP contribution in [0.1, 0.15) is 68.4 Å². The topological polar surface area (TPSA) is 51.8 Å². The molecular formula is C16H25N3. The minimum absolute atomic E-state index is 0.00208. The van der Waals surface area contributed by atoms with Crippen LogP contribution in [0, 0.1) is 6.92 Å². The summed E-state index contributed by atoms with van der Waals surface area (Å²) in [5.74, 6) is 0. The van der Waals surface area contributed by atoms with Crippen LogP contribution in [0.3, 0.4) is 0 Å². The molecule has 2 N–H and O–H groups in total. The van der Waals surface area contributed by atoms with Crippen molar-refractivity contribution in [3.8, 4) is 0 Å². The molecule has 19 heavy (non-hydrogen) atoms. The monoisotopic (exact) mass is 259 g/mol. The number of nitrogens with two attached hydrogens (primary N) is 1. The Morgan fingerprint density at radius 3 is 2.79 bits per heavy atom. The number of hydrogen-bond donors (Lipinski definition) is 1. The van der Waals surface area contributed by atoms with Crippen LogP contribution < -0.4 is 5.73 Å². The third-order valence-corrected chi connectivity index (χ3v) is 3.92. The molecule has 0 bridgehead atoms. The van der Waals surface area contributed by atoms with Crippen molar-refractivity contribution in [3.05, 3.63) is 34.7 Å². The zero-order valence-corrected chi connectivity index (χ0v) is 12.2. The summed E-state index contributed by atoms with van der Waals surface area (Å²) < 4.78 is 0. The molecule has 0 amide bonds. The average molecular weight is 259 g/mol. The van der Waals surface area contributed by atoms with Crippen LogP contribution in [0.5, 0.6) is 0 Å². The lowest BCUT2D eigenvalue weighted by Crippen LogP contribution is -2.17. The molecule has 0 saturated heterocycles. The molecule has 0 aliphatic heterocycles. The van der Waals surface area contributed by atoms with Crippen molar-refractivity contribution in [2.45, 2.75) is 64.8 Å². The maximum atomic E-state index is 6.50. The highest BCUT2D eigenvalue weighted by Crippen LogP contribution is 2.28. The van der Waals surface area contributed by atoms with E-state index in [0.717, 1.165) is 24.2 Å². The van der Waals surface area contributed by atoms with Crippen molar-refractivity contribution in [3.63, 3.8) is 0 Å². The van der Waals surface area contributed by atoms with Crippen LogP contribution in [0.2, 0.25) is 0 Å². The van der Waals surface area contributed by atoms with Gasteiger partial charge in [-0.15, -0.1) is 0 Å². The molecule has 0 saturated carbocycles. The molecule has 0 radical (unpaired) electrons. The fourth-order valence-corrected chi connectivity index (χ4v) is 2.78. The Bertz CT molecular complexity index is 451. The molecular weight excluding hydrogens is 234 g/mol. The van der Waals surface area contributed by atoms with E-state index in [1.165, 1.54) is 43.2 Å². The first kappa shape index (κ1) is 14.2. The maximum absolute atomic E-state index is 6.50.